The van der Waals surface area contributed by atoms with E-state index in [2.05, 4.69) is 15.3 Å². The molecule has 6 nitrogen and oxygen atoms in total. The molecule has 1 aromatic heterocycles. The van der Waals surface area contributed by atoms with E-state index in [0.29, 0.717) is 13.0 Å². The Hall–Kier alpha value is -2.41. The molecule has 0 saturated carbocycles. The van der Waals surface area contributed by atoms with Crippen molar-refractivity contribution in [1.82, 2.24) is 20.0 Å². The zero-order chi connectivity index (χ0) is 20.3. The van der Waals surface area contributed by atoms with Crippen molar-refractivity contribution in [1.29, 1.82) is 0 Å². The van der Waals surface area contributed by atoms with Gasteiger partial charge in [-0.15, -0.1) is 0 Å². The first kappa shape index (κ1) is 20.3. The number of carbonyl (C=O) groups excluding carboxylic acids is 1. The van der Waals surface area contributed by atoms with Gasteiger partial charge in [-0.1, -0.05) is 6.07 Å². The Balaban J connectivity index is 1.47. The van der Waals surface area contributed by atoms with Crippen molar-refractivity contribution in [2.24, 2.45) is 7.05 Å². The monoisotopic (exact) mass is 388 g/mol. The Morgan fingerprint density at radius 1 is 1.32 bits per heavy atom. The first-order valence-corrected chi connectivity index (χ1v) is 9.70. The van der Waals surface area contributed by atoms with Crippen LogP contribution in [0.5, 0.6) is 5.75 Å². The fraction of sp³-hybridized carbons (Fsp3) is 0.524. The second-order valence-corrected chi connectivity index (χ2v) is 7.54. The van der Waals surface area contributed by atoms with Gasteiger partial charge >= 0.3 is 0 Å². The summed E-state index contributed by atoms with van der Waals surface area (Å²) in [5.74, 6) is -0.0118. The van der Waals surface area contributed by atoms with Crippen LogP contribution in [-0.2, 0) is 24.8 Å². The molecule has 0 bridgehead atoms. The summed E-state index contributed by atoms with van der Waals surface area (Å²) in [4.78, 5) is 14.7. The van der Waals surface area contributed by atoms with Crippen LogP contribution in [0.3, 0.4) is 0 Å². The molecule has 0 unspecified atom stereocenters. The van der Waals surface area contributed by atoms with E-state index in [4.69, 9.17) is 4.74 Å². The molecule has 1 aliphatic heterocycles. The number of benzene rings is 1. The van der Waals surface area contributed by atoms with E-state index in [1.165, 1.54) is 13.2 Å². The largest absolute Gasteiger partial charge is 0.494 e. The molecule has 0 spiro atoms. The Morgan fingerprint density at radius 3 is 2.61 bits per heavy atom. The van der Waals surface area contributed by atoms with Gasteiger partial charge in [-0.3, -0.25) is 14.4 Å². The molecule has 2 aromatic rings. The fourth-order valence-corrected chi connectivity index (χ4v) is 3.81. The third-order valence-electron chi connectivity index (χ3n) is 5.57. The Bertz CT molecular complexity index is 841. The molecule has 152 valence electrons. The predicted octanol–water partition coefficient (Wildman–Crippen LogP) is 2.51. The van der Waals surface area contributed by atoms with Crippen molar-refractivity contribution >= 4 is 5.91 Å². The van der Waals surface area contributed by atoms with Gasteiger partial charge < -0.3 is 10.1 Å². The van der Waals surface area contributed by atoms with Crippen LogP contribution in [0, 0.1) is 19.7 Å². The van der Waals surface area contributed by atoms with Crippen LogP contribution in [0.4, 0.5) is 4.39 Å². The van der Waals surface area contributed by atoms with Crippen molar-refractivity contribution in [3.63, 3.8) is 0 Å². The number of methoxy groups -OCH3 is 1. The summed E-state index contributed by atoms with van der Waals surface area (Å²) >= 11 is 0. The SMILES string of the molecule is COc1ccc(CN2CCC(NC(=O)Cc3c(C)nn(C)c3C)CC2)cc1F. The lowest BCUT2D eigenvalue weighted by Gasteiger charge is -2.32. The number of hydrogen-bond donors (Lipinski definition) is 1. The molecule has 0 radical (unpaired) electrons. The number of halogens is 1. The molecule has 1 N–H and O–H groups in total. The predicted molar refractivity (Wildman–Crippen MR) is 106 cm³/mol. The first-order valence-electron chi connectivity index (χ1n) is 9.70. The van der Waals surface area contributed by atoms with E-state index in [1.807, 2.05) is 31.6 Å². The average molecular weight is 388 g/mol. The molecule has 7 heteroatoms. The normalized spacial score (nSPS) is 15.6. The number of nitrogens with one attached hydrogen (secondary N) is 1. The van der Waals surface area contributed by atoms with Gasteiger partial charge in [0.25, 0.3) is 0 Å². The lowest BCUT2D eigenvalue weighted by Crippen LogP contribution is -2.44. The van der Waals surface area contributed by atoms with Crippen LogP contribution in [-0.4, -0.2) is 46.8 Å². The summed E-state index contributed by atoms with van der Waals surface area (Å²) in [7, 11) is 3.36. The Morgan fingerprint density at radius 2 is 2.04 bits per heavy atom. The van der Waals surface area contributed by atoms with Gasteiger partial charge in [-0.2, -0.15) is 5.10 Å². The minimum atomic E-state index is -0.330. The highest BCUT2D eigenvalue weighted by atomic mass is 19.1. The van der Waals surface area contributed by atoms with E-state index >= 15 is 0 Å². The molecule has 1 saturated heterocycles. The number of rotatable bonds is 6. The van der Waals surface area contributed by atoms with Gasteiger partial charge in [0.2, 0.25) is 5.91 Å². The fourth-order valence-electron chi connectivity index (χ4n) is 3.81. The van der Waals surface area contributed by atoms with Crippen LogP contribution in [0.1, 0.15) is 35.4 Å². The van der Waals surface area contributed by atoms with Gasteiger partial charge in [-0.25, -0.2) is 4.39 Å². The summed E-state index contributed by atoms with van der Waals surface area (Å²) in [5, 5.41) is 7.53. The average Bonchev–Trinajstić information content (AvgIpc) is 2.89. The maximum Gasteiger partial charge on any atom is 0.224 e. The Kier molecular flexibility index (Phi) is 6.34. The quantitative estimate of drug-likeness (QED) is 0.826. The lowest BCUT2D eigenvalue weighted by atomic mass is 10.0. The standard InChI is InChI=1S/C21H29FN4O2/c1-14-18(15(2)25(3)24-14)12-21(27)23-17-7-9-26(10-8-17)13-16-5-6-20(28-4)19(22)11-16/h5-6,11,17H,7-10,12-13H2,1-4H3,(H,23,27). The molecule has 0 aliphatic carbocycles. The zero-order valence-electron chi connectivity index (χ0n) is 17.1. The number of nitrogens with zero attached hydrogens (tertiary/aromatic N) is 3. The van der Waals surface area contributed by atoms with Crippen molar-refractivity contribution in [3.05, 3.63) is 46.5 Å². The zero-order valence-corrected chi connectivity index (χ0v) is 17.1. The van der Waals surface area contributed by atoms with Gasteiger partial charge in [0.05, 0.1) is 19.2 Å². The number of likely N-dealkylation sites (tertiary alicyclic amines) is 1. The first-order chi connectivity index (χ1) is 13.4. The summed E-state index contributed by atoms with van der Waals surface area (Å²) < 4.78 is 20.6. The smallest absolute Gasteiger partial charge is 0.224 e. The van der Waals surface area contributed by atoms with Crippen molar-refractivity contribution in [2.45, 2.75) is 45.7 Å². The number of carbonyl (C=O) groups is 1. The third kappa shape index (κ3) is 4.70. The molecule has 1 amide bonds. The Labute approximate surface area is 165 Å². The number of aryl methyl sites for hydroxylation is 2. The van der Waals surface area contributed by atoms with Gasteiger partial charge in [0.15, 0.2) is 11.6 Å². The number of amides is 1. The van der Waals surface area contributed by atoms with Crippen LogP contribution in [0.25, 0.3) is 0 Å². The van der Waals surface area contributed by atoms with E-state index in [9.17, 15) is 9.18 Å². The maximum atomic E-state index is 13.9. The highest BCUT2D eigenvalue weighted by Crippen LogP contribution is 2.20. The molecule has 1 fully saturated rings. The maximum absolute atomic E-state index is 13.9. The molecule has 1 aliphatic rings. The number of ether oxygens (including phenoxy) is 1. The minimum absolute atomic E-state index is 0.0508. The van der Waals surface area contributed by atoms with Crippen molar-refractivity contribution < 1.29 is 13.9 Å². The van der Waals surface area contributed by atoms with Crippen LogP contribution < -0.4 is 10.1 Å². The van der Waals surface area contributed by atoms with Crippen molar-refractivity contribution in [3.8, 4) is 5.75 Å². The lowest BCUT2D eigenvalue weighted by molar-refractivity contribution is -0.121. The molecular weight excluding hydrogens is 359 g/mol. The van der Waals surface area contributed by atoms with Gasteiger partial charge in [0, 0.05) is 44.0 Å². The summed E-state index contributed by atoms with van der Waals surface area (Å²) in [6.07, 6.45) is 2.17. The minimum Gasteiger partial charge on any atom is -0.494 e. The van der Waals surface area contributed by atoms with Gasteiger partial charge in [0.1, 0.15) is 0 Å². The number of hydrogen-bond acceptors (Lipinski definition) is 4. The van der Waals surface area contributed by atoms with Crippen LogP contribution >= 0.6 is 0 Å². The van der Waals surface area contributed by atoms with Crippen LogP contribution in [0.15, 0.2) is 18.2 Å². The number of aromatic nitrogens is 2. The molecular formula is C21H29FN4O2. The molecule has 2 heterocycles. The van der Waals surface area contributed by atoms with Gasteiger partial charge in [-0.05, 0) is 44.4 Å². The molecule has 28 heavy (non-hydrogen) atoms. The molecule has 0 atom stereocenters. The second-order valence-electron chi connectivity index (χ2n) is 7.54. The third-order valence-corrected chi connectivity index (χ3v) is 5.57. The van der Waals surface area contributed by atoms with E-state index in [1.54, 1.807) is 6.07 Å². The van der Waals surface area contributed by atoms with Crippen LogP contribution in [0.2, 0.25) is 0 Å². The van der Waals surface area contributed by atoms with Crippen molar-refractivity contribution in [2.75, 3.05) is 20.2 Å². The van der Waals surface area contributed by atoms with E-state index in [-0.39, 0.29) is 23.5 Å². The highest BCUT2D eigenvalue weighted by molar-refractivity contribution is 5.79. The summed E-state index contributed by atoms with van der Waals surface area (Å²) in [5.41, 5.74) is 3.90. The molecule has 1 aromatic carbocycles. The van der Waals surface area contributed by atoms with E-state index < -0.39 is 0 Å². The summed E-state index contributed by atoms with van der Waals surface area (Å²) in [6.45, 7) is 6.39. The second kappa shape index (κ2) is 8.73. The number of piperidine rings is 1. The van der Waals surface area contributed by atoms with E-state index in [0.717, 1.165) is 48.4 Å². The highest BCUT2D eigenvalue weighted by Gasteiger charge is 2.22. The topological polar surface area (TPSA) is 59.4 Å². The molecule has 3 rings (SSSR count). The summed E-state index contributed by atoms with van der Waals surface area (Å²) in [6, 6.07) is 5.29.